The largest absolute Gasteiger partial charge is 0.493 e. The van der Waals surface area contributed by atoms with Crippen molar-refractivity contribution in [3.8, 4) is 11.5 Å². The van der Waals surface area contributed by atoms with Crippen LogP contribution in [0.15, 0.2) is 16.6 Å². The number of fused-ring (bicyclic) bond motifs is 2. The Morgan fingerprint density at radius 3 is 2.58 bits per heavy atom. The molecule has 2 bridgehead atoms. The van der Waals surface area contributed by atoms with Gasteiger partial charge in [0.25, 0.3) is 5.91 Å². The highest BCUT2D eigenvalue weighted by Gasteiger charge is 2.36. The van der Waals surface area contributed by atoms with Crippen LogP contribution >= 0.6 is 15.9 Å². The molecule has 24 heavy (non-hydrogen) atoms. The van der Waals surface area contributed by atoms with Crippen LogP contribution in [0.4, 0.5) is 0 Å². The number of rotatable bonds is 5. The molecule has 132 valence electrons. The summed E-state index contributed by atoms with van der Waals surface area (Å²) in [7, 11) is 3.50. The van der Waals surface area contributed by atoms with Gasteiger partial charge in [0.15, 0.2) is 11.5 Å². The highest BCUT2D eigenvalue weighted by atomic mass is 79.9. The number of nitrogens with one attached hydrogen (secondary N) is 1. The van der Waals surface area contributed by atoms with Crippen molar-refractivity contribution in [2.45, 2.75) is 50.7 Å². The van der Waals surface area contributed by atoms with Crippen molar-refractivity contribution in [2.75, 3.05) is 20.8 Å². The lowest BCUT2D eigenvalue weighted by Gasteiger charge is -2.35. The lowest BCUT2D eigenvalue weighted by atomic mass is 9.98. The Balaban J connectivity index is 1.80. The number of piperidine rings is 1. The number of carbonyl (C=O) groups excluding carboxylic acids is 1. The molecule has 1 N–H and O–H groups in total. The topological polar surface area (TPSA) is 50.8 Å². The highest BCUT2D eigenvalue weighted by Crippen LogP contribution is 2.37. The molecule has 2 unspecified atom stereocenters. The summed E-state index contributed by atoms with van der Waals surface area (Å²) in [4.78, 5) is 14.9. The number of carbonyl (C=O) groups is 1. The second-order valence-electron chi connectivity index (χ2n) is 6.60. The van der Waals surface area contributed by atoms with E-state index in [1.54, 1.807) is 13.2 Å². The molecular formula is C18H25BrN2O3. The van der Waals surface area contributed by atoms with E-state index < -0.39 is 0 Å². The van der Waals surface area contributed by atoms with E-state index in [-0.39, 0.29) is 5.91 Å². The van der Waals surface area contributed by atoms with Gasteiger partial charge in [-0.1, -0.05) is 0 Å². The fourth-order valence-electron chi connectivity index (χ4n) is 3.84. The normalized spacial score (nSPS) is 25.4. The molecule has 1 aromatic carbocycles. The third-order valence-electron chi connectivity index (χ3n) is 5.08. The molecule has 2 fully saturated rings. The van der Waals surface area contributed by atoms with Crippen molar-refractivity contribution in [3.05, 3.63) is 22.2 Å². The number of amides is 1. The standard InChI is InChI=1S/C18H25BrN2O3/c1-4-24-17-15(19)7-11(8-16(17)23-3)18(22)21(2)14-9-12-5-6-13(10-14)20-12/h7-8,12-14,20H,4-6,9-10H2,1-3H3. The Bertz CT molecular complexity index is 611. The number of ether oxygens (including phenoxy) is 2. The van der Waals surface area contributed by atoms with Crippen LogP contribution in [0.1, 0.15) is 43.0 Å². The van der Waals surface area contributed by atoms with Gasteiger partial charge >= 0.3 is 0 Å². The second kappa shape index (κ2) is 7.31. The zero-order valence-corrected chi connectivity index (χ0v) is 16.1. The molecule has 0 aliphatic carbocycles. The molecule has 1 amide bonds. The minimum atomic E-state index is 0.0309. The molecule has 2 atom stereocenters. The number of benzene rings is 1. The monoisotopic (exact) mass is 396 g/mol. The van der Waals surface area contributed by atoms with Crippen LogP contribution in [-0.4, -0.2) is 49.7 Å². The summed E-state index contributed by atoms with van der Waals surface area (Å²) < 4.78 is 11.7. The van der Waals surface area contributed by atoms with Gasteiger partial charge in [-0.05, 0) is 60.7 Å². The van der Waals surface area contributed by atoms with Crippen molar-refractivity contribution < 1.29 is 14.3 Å². The predicted octanol–water partition coefficient (Wildman–Crippen LogP) is 3.21. The van der Waals surface area contributed by atoms with Crippen molar-refractivity contribution in [2.24, 2.45) is 0 Å². The Morgan fingerprint density at radius 1 is 1.33 bits per heavy atom. The van der Waals surface area contributed by atoms with Crippen LogP contribution in [-0.2, 0) is 0 Å². The van der Waals surface area contributed by atoms with Gasteiger partial charge in [0.1, 0.15) is 0 Å². The molecule has 0 aromatic heterocycles. The molecule has 0 spiro atoms. The summed E-state index contributed by atoms with van der Waals surface area (Å²) in [5.41, 5.74) is 0.621. The molecule has 2 aliphatic heterocycles. The van der Waals surface area contributed by atoms with E-state index in [0.29, 0.717) is 41.8 Å². The van der Waals surface area contributed by atoms with Gasteiger partial charge in [-0.15, -0.1) is 0 Å². The number of nitrogens with zero attached hydrogens (tertiary/aromatic N) is 1. The number of hydrogen-bond acceptors (Lipinski definition) is 4. The minimum absolute atomic E-state index is 0.0309. The van der Waals surface area contributed by atoms with Crippen molar-refractivity contribution in [1.82, 2.24) is 10.2 Å². The molecule has 5 nitrogen and oxygen atoms in total. The maximum absolute atomic E-state index is 13.0. The van der Waals surface area contributed by atoms with E-state index in [4.69, 9.17) is 9.47 Å². The van der Waals surface area contributed by atoms with Gasteiger partial charge in [-0.25, -0.2) is 0 Å². The Hall–Kier alpha value is -1.27. The first kappa shape index (κ1) is 17.5. The van der Waals surface area contributed by atoms with E-state index in [2.05, 4.69) is 21.2 Å². The molecule has 6 heteroatoms. The Labute approximate surface area is 151 Å². The van der Waals surface area contributed by atoms with Gasteiger partial charge in [0.2, 0.25) is 0 Å². The van der Waals surface area contributed by atoms with E-state index in [0.717, 1.165) is 17.3 Å². The van der Waals surface area contributed by atoms with E-state index in [1.807, 2.05) is 24.9 Å². The van der Waals surface area contributed by atoms with Crippen molar-refractivity contribution in [3.63, 3.8) is 0 Å². The Kier molecular flexibility index (Phi) is 5.35. The fourth-order valence-corrected chi connectivity index (χ4v) is 4.40. The SMILES string of the molecule is CCOc1c(Br)cc(C(=O)N(C)C2CC3CCC(C2)N3)cc1OC. The maximum atomic E-state index is 13.0. The molecule has 0 radical (unpaired) electrons. The van der Waals surface area contributed by atoms with Crippen molar-refractivity contribution >= 4 is 21.8 Å². The summed E-state index contributed by atoms with van der Waals surface area (Å²) >= 11 is 3.50. The zero-order valence-electron chi connectivity index (χ0n) is 14.5. The minimum Gasteiger partial charge on any atom is -0.493 e. The summed E-state index contributed by atoms with van der Waals surface area (Å²) in [5, 5.41) is 3.62. The van der Waals surface area contributed by atoms with Crippen LogP contribution in [0.3, 0.4) is 0 Å². The third-order valence-corrected chi connectivity index (χ3v) is 5.67. The zero-order chi connectivity index (χ0) is 17.3. The van der Waals surface area contributed by atoms with E-state index >= 15 is 0 Å². The first-order chi connectivity index (χ1) is 11.5. The first-order valence-corrected chi connectivity index (χ1v) is 9.36. The fraction of sp³-hybridized carbons (Fsp3) is 0.611. The lowest BCUT2D eigenvalue weighted by Crippen LogP contribution is -2.48. The maximum Gasteiger partial charge on any atom is 0.254 e. The average Bonchev–Trinajstić information content (AvgIpc) is 2.93. The van der Waals surface area contributed by atoms with Gasteiger partial charge in [0, 0.05) is 30.7 Å². The third kappa shape index (κ3) is 3.40. The molecule has 0 saturated carbocycles. The summed E-state index contributed by atoms with van der Waals surface area (Å²) in [6.45, 7) is 2.46. The molecule has 1 aromatic rings. The van der Waals surface area contributed by atoms with Gasteiger partial charge in [0.05, 0.1) is 18.2 Å². The van der Waals surface area contributed by atoms with E-state index in [9.17, 15) is 4.79 Å². The van der Waals surface area contributed by atoms with Crippen LogP contribution in [0.25, 0.3) is 0 Å². The second-order valence-corrected chi connectivity index (χ2v) is 7.46. The van der Waals surface area contributed by atoms with Crippen molar-refractivity contribution in [1.29, 1.82) is 0 Å². The molecule has 3 rings (SSSR count). The quantitative estimate of drug-likeness (QED) is 0.829. The van der Waals surface area contributed by atoms with Crippen LogP contribution < -0.4 is 14.8 Å². The van der Waals surface area contributed by atoms with Gasteiger partial charge < -0.3 is 19.7 Å². The predicted molar refractivity (Wildman–Crippen MR) is 96.9 cm³/mol. The van der Waals surface area contributed by atoms with Crippen LogP contribution in [0.2, 0.25) is 0 Å². The summed E-state index contributed by atoms with van der Waals surface area (Å²) in [6.07, 6.45) is 4.53. The summed E-state index contributed by atoms with van der Waals surface area (Å²) in [5.74, 6) is 1.25. The number of halogens is 1. The summed E-state index contributed by atoms with van der Waals surface area (Å²) in [6, 6.07) is 5.01. The average molecular weight is 397 g/mol. The first-order valence-electron chi connectivity index (χ1n) is 8.57. The smallest absolute Gasteiger partial charge is 0.254 e. The van der Waals surface area contributed by atoms with Gasteiger partial charge in [-0.3, -0.25) is 4.79 Å². The molecular weight excluding hydrogens is 372 g/mol. The highest BCUT2D eigenvalue weighted by molar-refractivity contribution is 9.10. The lowest BCUT2D eigenvalue weighted by molar-refractivity contribution is 0.0681. The molecule has 2 heterocycles. The van der Waals surface area contributed by atoms with E-state index in [1.165, 1.54) is 12.8 Å². The number of hydrogen-bond donors (Lipinski definition) is 1. The molecule has 2 aliphatic rings. The van der Waals surface area contributed by atoms with Crippen LogP contribution in [0, 0.1) is 0 Å². The molecule has 2 saturated heterocycles. The number of methoxy groups -OCH3 is 1. The van der Waals surface area contributed by atoms with Gasteiger partial charge in [-0.2, -0.15) is 0 Å². The Morgan fingerprint density at radius 2 is 2.00 bits per heavy atom. The van der Waals surface area contributed by atoms with Crippen LogP contribution in [0.5, 0.6) is 11.5 Å².